The Morgan fingerprint density at radius 2 is 1.79 bits per heavy atom. The molecule has 1 aromatic heterocycles. The van der Waals surface area contributed by atoms with Gasteiger partial charge in [-0.2, -0.15) is 0 Å². The highest BCUT2D eigenvalue weighted by molar-refractivity contribution is 5.95. The van der Waals surface area contributed by atoms with Gasteiger partial charge in [-0.05, 0) is 73.7 Å². The van der Waals surface area contributed by atoms with Crippen molar-refractivity contribution in [3.8, 4) is 0 Å². The molecular formula is C26H26FN3O3. The van der Waals surface area contributed by atoms with E-state index in [1.165, 1.54) is 58.3 Å². The molecule has 1 aliphatic rings. The fourth-order valence-corrected chi connectivity index (χ4v) is 4.16. The number of likely N-dealkylation sites (tertiary alicyclic amines) is 1. The van der Waals surface area contributed by atoms with E-state index in [-0.39, 0.29) is 24.1 Å². The van der Waals surface area contributed by atoms with Crippen LogP contribution in [-0.2, 0) is 11.3 Å². The van der Waals surface area contributed by atoms with Gasteiger partial charge in [-0.1, -0.05) is 18.2 Å². The fraction of sp³-hybridized carbons (Fsp3) is 0.269. The number of carbonyl (C=O) groups is 2. The summed E-state index contributed by atoms with van der Waals surface area (Å²) in [4.78, 5) is 39.9. The van der Waals surface area contributed by atoms with E-state index in [2.05, 4.69) is 37.4 Å². The average molecular weight is 448 g/mol. The van der Waals surface area contributed by atoms with Crippen LogP contribution in [0.25, 0.3) is 0 Å². The molecule has 2 aromatic carbocycles. The zero-order valence-corrected chi connectivity index (χ0v) is 18.7. The van der Waals surface area contributed by atoms with E-state index >= 15 is 0 Å². The van der Waals surface area contributed by atoms with Gasteiger partial charge in [0.15, 0.2) is 0 Å². The zero-order valence-electron chi connectivity index (χ0n) is 18.7. The number of carbonyl (C=O) groups excluding carboxylic acids is 2. The van der Waals surface area contributed by atoms with Crippen LogP contribution in [-0.4, -0.2) is 27.8 Å². The monoisotopic (exact) mass is 447 g/mol. The summed E-state index contributed by atoms with van der Waals surface area (Å²) in [7, 11) is 0. The van der Waals surface area contributed by atoms with Gasteiger partial charge in [-0.3, -0.25) is 14.4 Å². The standard InChI is InChI=1S/C26H26FN3O3/c1-17-5-6-19(14-18(17)2)23-4-3-13-30(23)26(33)20-7-12-25(32)29(15-20)16-24(31)28-22-10-8-21(27)9-11-22/h5-12,14-15,23H,3-4,13,16H2,1-2H3,(H,28,31)/t23-/m0/s1. The van der Waals surface area contributed by atoms with E-state index in [1.54, 1.807) is 0 Å². The first-order valence-corrected chi connectivity index (χ1v) is 11.0. The number of nitrogens with one attached hydrogen (secondary N) is 1. The molecule has 1 aliphatic heterocycles. The maximum absolute atomic E-state index is 13.3. The maximum Gasteiger partial charge on any atom is 0.255 e. The molecule has 1 atom stereocenters. The maximum atomic E-state index is 13.3. The van der Waals surface area contributed by atoms with Crippen LogP contribution in [0.1, 0.15) is 45.9 Å². The summed E-state index contributed by atoms with van der Waals surface area (Å²) < 4.78 is 14.3. The van der Waals surface area contributed by atoms with Crippen LogP contribution < -0.4 is 10.9 Å². The van der Waals surface area contributed by atoms with E-state index in [4.69, 9.17) is 0 Å². The molecule has 33 heavy (non-hydrogen) atoms. The SMILES string of the molecule is Cc1ccc([C@@H]2CCCN2C(=O)c2ccc(=O)n(CC(=O)Nc3ccc(F)cc3)c2)cc1C. The van der Waals surface area contributed by atoms with Crippen molar-refractivity contribution in [2.75, 3.05) is 11.9 Å². The molecule has 7 heteroatoms. The summed E-state index contributed by atoms with van der Waals surface area (Å²) in [5.74, 6) is -1.01. The first kappa shape index (κ1) is 22.5. The Kier molecular flexibility index (Phi) is 6.40. The van der Waals surface area contributed by atoms with Crippen LogP contribution in [0.2, 0.25) is 0 Å². The number of rotatable bonds is 5. The molecule has 2 heterocycles. The number of aromatic nitrogens is 1. The van der Waals surface area contributed by atoms with Crippen LogP contribution >= 0.6 is 0 Å². The Balaban J connectivity index is 1.51. The largest absolute Gasteiger partial charge is 0.332 e. The van der Waals surface area contributed by atoms with Crippen LogP contribution in [0.3, 0.4) is 0 Å². The second-order valence-electron chi connectivity index (χ2n) is 8.44. The van der Waals surface area contributed by atoms with E-state index in [9.17, 15) is 18.8 Å². The highest BCUT2D eigenvalue weighted by Crippen LogP contribution is 2.33. The summed E-state index contributed by atoms with van der Waals surface area (Å²) in [5, 5.41) is 2.63. The number of halogens is 1. The Morgan fingerprint density at radius 3 is 2.52 bits per heavy atom. The topological polar surface area (TPSA) is 71.4 Å². The minimum atomic E-state index is -0.442. The first-order valence-electron chi connectivity index (χ1n) is 11.0. The average Bonchev–Trinajstić information content (AvgIpc) is 3.28. The molecule has 2 amide bonds. The van der Waals surface area contributed by atoms with Gasteiger partial charge in [0, 0.05) is 24.5 Å². The zero-order chi connectivity index (χ0) is 23.5. The van der Waals surface area contributed by atoms with Gasteiger partial charge < -0.3 is 14.8 Å². The number of nitrogens with zero attached hydrogens (tertiary/aromatic N) is 2. The van der Waals surface area contributed by atoms with Crippen molar-refractivity contribution in [2.24, 2.45) is 0 Å². The predicted octanol–water partition coefficient (Wildman–Crippen LogP) is 4.22. The highest BCUT2D eigenvalue weighted by Gasteiger charge is 2.31. The number of hydrogen-bond acceptors (Lipinski definition) is 3. The molecule has 1 fully saturated rings. The smallest absolute Gasteiger partial charge is 0.255 e. The third-order valence-electron chi connectivity index (χ3n) is 6.10. The first-order chi connectivity index (χ1) is 15.8. The van der Waals surface area contributed by atoms with Crippen molar-refractivity contribution in [3.63, 3.8) is 0 Å². The van der Waals surface area contributed by atoms with Crippen molar-refractivity contribution in [1.29, 1.82) is 0 Å². The van der Waals surface area contributed by atoms with Crippen LogP contribution in [0.4, 0.5) is 10.1 Å². The van der Waals surface area contributed by atoms with Crippen molar-refractivity contribution >= 4 is 17.5 Å². The molecule has 1 N–H and O–H groups in total. The summed E-state index contributed by atoms with van der Waals surface area (Å²) >= 11 is 0. The minimum absolute atomic E-state index is 0.0149. The molecule has 0 unspecified atom stereocenters. The minimum Gasteiger partial charge on any atom is -0.332 e. The lowest BCUT2D eigenvalue weighted by Gasteiger charge is -2.26. The molecular weight excluding hydrogens is 421 g/mol. The van der Waals surface area contributed by atoms with Crippen LogP contribution in [0.5, 0.6) is 0 Å². The van der Waals surface area contributed by atoms with Crippen molar-refractivity contribution < 1.29 is 14.0 Å². The van der Waals surface area contributed by atoms with E-state index < -0.39 is 11.7 Å². The molecule has 0 bridgehead atoms. The number of benzene rings is 2. The van der Waals surface area contributed by atoms with Gasteiger partial charge in [0.05, 0.1) is 11.6 Å². The molecule has 1 saturated heterocycles. The highest BCUT2D eigenvalue weighted by atomic mass is 19.1. The summed E-state index contributed by atoms with van der Waals surface area (Å²) in [6.07, 6.45) is 3.22. The van der Waals surface area contributed by atoms with Gasteiger partial charge >= 0.3 is 0 Å². The molecule has 0 aliphatic carbocycles. The van der Waals surface area contributed by atoms with E-state index in [0.717, 1.165) is 18.4 Å². The van der Waals surface area contributed by atoms with Gasteiger partial charge in [-0.25, -0.2) is 4.39 Å². The number of aryl methyl sites for hydroxylation is 2. The predicted molar refractivity (Wildman–Crippen MR) is 125 cm³/mol. The molecule has 0 radical (unpaired) electrons. The summed E-state index contributed by atoms with van der Waals surface area (Å²) in [6.45, 7) is 4.51. The quantitative estimate of drug-likeness (QED) is 0.637. The van der Waals surface area contributed by atoms with Gasteiger partial charge in [0.25, 0.3) is 11.5 Å². The summed E-state index contributed by atoms with van der Waals surface area (Å²) in [5.41, 5.74) is 3.91. The van der Waals surface area contributed by atoms with Crippen molar-refractivity contribution in [3.05, 3.63) is 99.2 Å². The Labute approximate surface area is 191 Å². The third kappa shape index (κ3) is 5.03. The Morgan fingerprint density at radius 1 is 1.03 bits per heavy atom. The third-order valence-corrected chi connectivity index (χ3v) is 6.10. The second-order valence-corrected chi connectivity index (χ2v) is 8.44. The summed E-state index contributed by atoms with van der Waals surface area (Å²) in [6, 6.07) is 14.4. The molecule has 3 aromatic rings. The van der Waals surface area contributed by atoms with Gasteiger partial charge in [0.1, 0.15) is 12.4 Å². The van der Waals surface area contributed by atoms with Crippen LogP contribution in [0.15, 0.2) is 65.6 Å². The number of amides is 2. The molecule has 6 nitrogen and oxygen atoms in total. The van der Waals surface area contributed by atoms with E-state index in [1.807, 2.05) is 4.90 Å². The lowest BCUT2D eigenvalue weighted by Crippen LogP contribution is -2.33. The normalized spacial score (nSPS) is 15.5. The van der Waals surface area contributed by atoms with Crippen molar-refractivity contribution in [2.45, 2.75) is 39.3 Å². The lowest BCUT2D eigenvalue weighted by molar-refractivity contribution is -0.116. The molecule has 4 rings (SSSR count). The molecule has 0 spiro atoms. The van der Waals surface area contributed by atoms with Crippen LogP contribution in [0, 0.1) is 19.7 Å². The lowest BCUT2D eigenvalue weighted by atomic mass is 9.99. The fourth-order valence-electron chi connectivity index (χ4n) is 4.16. The Bertz CT molecular complexity index is 1250. The Hall–Kier alpha value is -3.74. The van der Waals surface area contributed by atoms with Gasteiger partial charge in [0.2, 0.25) is 5.91 Å². The molecule has 0 saturated carbocycles. The number of hydrogen-bond donors (Lipinski definition) is 1. The number of pyridine rings is 1. The van der Waals surface area contributed by atoms with E-state index in [0.29, 0.717) is 17.8 Å². The molecule has 170 valence electrons. The second kappa shape index (κ2) is 9.40. The number of anilines is 1. The van der Waals surface area contributed by atoms with Gasteiger partial charge in [-0.15, -0.1) is 0 Å². The van der Waals surface area contributed by atoms with Crippen molar-refractivity contribution in [1.82, 2.24) is 9.47 Å².